The van der Waals surface area contributed by atoms with Crippen molar-refractivity contribution in [1.29, 1.82) is 0 Å². The van der Waals surface area contributed by atoms with Gasteiger partial charge in [0.15, 0.2) is 0 Å². The maximum Gasteiger partial charge on any atom is 0.416 e. The van der Waals surface area contributed by atoms with Crippen LogP contribution in [0.15, 0.2) is 49.0 Å². The summed E-state index contributed by atoms with van der Waals surface area (Å²) < 4.78 is 38.3. The predicted octanol–water partition coefficient (Wildman–Crippen LogP) is 6.14. The van der Waals surface area contributed by atoms with Gasteiger partial charge in [-0.2, -0.15) is 13.2 Å². The maximum absolute atomic E-state index is 12.8. The van der Waals surface area contributed by atoms with Gasteiger partial charge in [0.05, 0.1) is 5.56 Å². The lowest BCUT2D eigenvalue weighted by Gasteiger charge is -2.15. The van der Waals surface area contributed by atoms with E-state index in [-0.39, 0.29) is 5.92 Å². The molecule has 2 aromatic carbocycles. The Bertz CT molecular complexity index is 797. The van der Waals surface area contributed by atoms with E-state index in [0.717, 1.165) is 40.0 Å². The fourth-order valence-corrected chi connectivity index (χ4v) is 2.64. The lowest BCUT2D eigenvalue weighted by Crippen LogP contribution is -2.05. The molecule has 0 aromatic heterocycles. The van der Waals surface area contributed by atoms with E-state index in [4.69, 9.17) is 5.73 Å². The minimum atomic E-state index is -4.32. The van der Waals surface area contributed by atoms with Crippen molar-refractivity contribution in [1.82, 2.24) is 0 Å². The van der Waals surface area contributed by atoms with Gasteiger partial charge in [-0.25, -0.2) is 0 Å². The summed E-state index contributed by atoms with van der Waals surface area (Å²) in [7, 11) is 0. The Labute approximate surface area is 146 Å². The van der Waals surface area contributed by atoms with E-state index in [2.05, 4.69) is 6.58 Å². The van der Waals surface area contributed by atoms with Gasteiger partial charge in [-0.15, -0.1) is 0 Å². The molecular formula is C21H22F3N. The summed E-state index contributed by atoms with van der Waals surface area (Å²) in [5, 5.41) is 0. The van der Waals surface area contributed by atoms with E-state index < -0.39 is 11.7 Å². The number of alkyl halides is 3. The molecule has 0 saturated heterocycles. The van der Waals surface area contributed by atoms with Crippen LogP contribution in [0.1, 0.15) is 41.7 Å². The van der Waals surface area contributed by atoms with Crippen LogP contribution in [0.5, 0.6) is 0 Å². The van der Waals surface area contributed by atoms with Gasteiger partial charge in [-0.1, -0.05) is 50.8 Å². The molecule has 0 saturated carbocycles. The van der Waals surface area contributed by atoms with Crippen molar-refractivity contribution in [3.05, 3.63) is 76.9 Å². The second-order valence-corrected chi connectivity index (χ2v) is 6.43. The van der Waals surface area contributed by atoms with Gasteiger partial charge < -0.3 is 5.73 Å². The monoisotopic (exact) mass is 345 g/mol. The average Bonchev–Trinajstić information content (AvgIpc) is 2.52. The standard InChI is InChI=1S/C21H22F3N/c1-13(2)20(16-7-9-19(10-8-16)21(22,23)24)12-17-5-6-18(15(4)25)11-14(17)3/h5-13H,4,25H2,1-3H3/b20-12+. The normalized spacial score (nSPS) is 12.5. The van der Waals surface area contributed by atoms with E-state index in [1.54, 1.807) is 0 Å². The molecule has 0 bridgehead atoms. The van der Waals surface area contributed by atoms with Crippen LogP contribution in [0.2, 0.25) is 0 Å². The summed E-state index contributed by atoms with van der Waals surface area (Å²) in [5.41, 5.74) is 10.3. The molecule has 0 aliphatic heterocycles. The molecule has 1 nitrogen and oxygen atoms in total. The molecule has 2 N–H and O–H groups in total. The van der Waals surface area contributed by atoms with Gasteiger partial charge in [-0.05, 0) is 58.9 Å². The van der Waals surface area contributed by atoms with Crippen LogP contribution < -0.4 is 5.73 Å². The zero-order chi connectivity index (χ0) is 18.8. The van der Waals surface area contributed by atoms with Gasteiger partial charge in [0.1, 0.15) is 0 Å². The number of halogens is 3. The van der Waals surface area contributed by atoms with Gasteiger partial charge in [-0.3, -0.25) is 0 Å². The SMILES string of the molecule is C=C(N)c1ccc(/C=C(/c2ccc(C(F)(F)F)cc2)C(C)C)c(C)c1. The van der Waals surface area contributed by atoms with Gasteiger partial charge >= 0.3 is 6.18 Å². The molecule has 132 valence electrons. The number of nitrogens with two attached hydrogens (primary N) is 1. The highest BCUT2D eigenvalue weighted by Gasteiger charge is 2.30. The van der Waals surface area contributed by atoms with E-state index in [1.165, 1.54) is 12.1 Å². The highest BCUT2D eigenvalue weighted by atomic mass is 19.4. The van der Waals surface area contributed by atoms with Crippen LogP contribution >= 0.6 is 0 Å². The van der Waals surface area contributed by atoms with Gasteiger partial charge in [0, 0.05) is 5.70 Å². The minimum absolute atomic E-state index is 0.167. The van der Waals surface area contributed by atoms with Crippen molar-refractivity contribution < 1.29 is 13.2 Å². The van der Waals surface area contributed by atoms with E-state index in [9.17, 15) is 13.2 Å². The molecule has 2 aromatic rings. The zero-order valence-corrected chi connectivity index (χ0v) is 14.6. The first-order valence-electron chi connectivity index (χ1n) is 8.04. The topological polar surface area (TPSA) is 26.0 Å². The summed E-state index contributed by atoms with van der Waals surface area (Å²) in [5.74, 6) is 0.167. The number of hydrogen-bond acceptors (Lipinski definition) is 1. The molecule has 0 unspecified atom stereocenters. The summed E-state index contributed by atoms with van der Waals surface area (Å²) >= 11 is 0. The van der Waals surface area contributed by atoms with Crippen molar-refractivity contribution in [2.45, 2.75) is 26.9 Å². The first-order chi connectivity index (χ1) is 11.6. The molecule has 0 spiro atoms. The van der Waals surface area contributed by atoms with Crippen molar-refractivity contribution in [3.8, 4) is 0 Å². The number of hydrogen-bond donors (Lipinski definition) is 1. The lowest BCUT2D eigenvalue weighted by atomic mass is 9.91. The molecule has 0 aliphatic rings. The molecule has 0 aliphatic carbocycles. The second-order valence-electron chi connectivity index (χ2n) is 6.43. The summed E-state index contributed by atoms with van der Waals surface area (Å²) in [6, 6.07) is 11.1. The van der Waals surface area contributed by atoms with Crippen molar-refractivity contribution in [2.75, 3.05) is 0 Å². The first-order valence-corrected chi connectivity index (χ1v) is 8.04. The highest BCUT2D eigenvalue weighted by Crippen LogP contribution is 2.32. The Hall–Kier alpha value is -2.49. The molecule has 0 atom stereocenters. The molecule has 2 rings (SSSR count). The third kappa shape index (κ3) is 4.53. The van der Waals surface area contributed by atoms with Crippen LogP contribution in [-0.4, -0.2) is 0 Å². The van der Waals surface area contributed by atoms with E-state index in [0.29, 0.717) is 5.70 Å². The van der Waals surface area contributed by atoms with Crippen molar-refractivity contribution in [2.24, 2.45) is 11.7 Å². The van der Waals surface area contributed by atoms with Crippen LogP contribution in [0.25, 0.3) is 17.3 Å². The van der Waals surface area contributed by atoms with E-state index in [1.807, 2.05) is 45.0 Å². The Morgan fingerprint density at radius 1 is 1.04 bits per heavy atom. The molecule has 25 heavy (non-hydrogen) atoms. The summed E-state index contributed by atoms with van der Waals surface area (Å²) in [6.07, 6.45) is -2.30. The van der Waals surface area contributed by atoms with Crippen molar-refractivity contribution in [3.63, 3.8) is 0 Å². The Kier molecular flexibility index (Phi) is 5.41. The molecule has 0 heterocycles. The Balaban J connectivity index is 2.45. The largest absolute Gasteiger partial charge is 0.416 e. The lowest BCUT2D eigenvalue weighted by molar-refractivity contribution is -0.137. The smallest absolute Gasteiger partial charge is 0.399 e. The van der Waals surface area contributed by atoms with Crippen LogP contribution in [0.3, 0.4) is 0 Å². The van der Waals surface area contributed by atoms with E-state index >= 15 is 0 Å². The fraction of sp³-hybridized carbons (Fsp3) is 0.238. The summed E-state index contributed by atoms with van der Waals surface area (Å²) in [6.45, 7) is 9.75. The molecule has 0 radical (unpaired) electrons. The average molecular weight is 345 g/mol. The Morgan fingerprint density at radius 3 is 2.04 bits per heavy atom. The van der Waals surface area contributed by atoms with Gasteiger partial charge in [0.2, 0.25) is 0 Å². The quantitative estimate of drug-likeness (QED) is 0.662. The zero-order valence-electron chi connectivity index (χ0n) is 14.6. The van der Waals surface area contributed by atoms with Crippen molar-refractivity contribution >= 4 is 17.3 Å². The second kappa shape index (κ2) is 7.18. The minimum Gasteiger partial charge on any atom is -0.399 e. The highest BCUT2D eigenvalue weighted by molar-refractivity contribution is 5.83. The number of aryl methyl sites for hydroxylation is 1. The number of benzene rings is 2. The third-order valence-electron chi connectivity index (χ3n) is 4.12. The van der Waals surface area contributed by atoms with Crippen LogP contribution in [-0.2, 0) is 6.18 Å². The van der Waals surface area contributed by atoms with Crippen LogP contribution in [0.4, 0.5) is 13.2 Å². The molecular weight excluding hydrogens is 323 g/mol. The predicted molar refractivity (Wildman–Crippen MR) is 98.6 cm³/mol. The molecule has 4 heteroatoms. The third-order valence-corrected chi connectivity index (χ3v) is 4.12. The number of allylic oxidation sites excluding steroid dienone is 1. The fourth-order valence-electron chi connectivity index (χ4n) is 2.64. The molecule has 0 fully saturated rings. The molecule has 0 amide bonds. The van der Waals surface area contributed by atoms with Gasteiger partial charge in [0.25, 0.3) is 0 Å². The van der Waals surface area contributed by atoms with Crippen LogP contribution in [0, 0.1) is 12.8 Å². The maximum atomic E-state index is 12.8. The first kappa shape index (κ1) is 18.8. The number of rotatable bonds is 4. The Morgan fingerprint density at radius 2 is 1.60 bits per heavy atom. The summed E-state index contributed by atoms with van der Waals surface area (Å²) in [4.78, 5) is 0.